The summed E-state index contributed by atoms with van der Waals surface area (Å²) in [6.45, 7) is 9.73. The van der Waals surface area contributed by atoms with Gasteiger partial charge in [-0.1, -0.05) is 13.0 Å². The van der Waals surface area contributed by atoms with Gasteiger partial charge in [0.1, 0.15) is 11.6 Å². The number of piperazine rings is 1. The average molecular weight is 328 g/mol. The van der Waals surface area contributed by atoms with Crippen LogP contribution in [0.3, 0.4) is 0 Å². The summed E-state index contributed by atoms with van der Waals surface area (Å²) in [6, 6.07) is 5.74. The molecule has 1 saturated heterocycles. The summed E-state index contributed by atoms with van der Waals surface area (Å²) in [6.07, 6.45) is 3.36. The Kier molecular flexibility index (Phi) is 5.15. The Balaban J connectivity index is 1.53. The maximum atomic E-state index is 12.1. The van der Waals surface area contributed by atoms with Crippen molar-refractivity contribution in [1.29, 1.82) is 0 Å². The number of nitrogens with zero attached hydrogens (tertiary/aromatic N) is 3. The molecule has 128 valence electrons. The summed E-state index contributed by atoms with van der Waals surface area (Å²) in [5.41, 5.74) is 1.56. The van der Waals surface area contributed by atoms with Crippen LogP contribution in [-0.2, 0) is 6.54 Å². The first kappa shape index (κ1) is 16.5. The Morgan fingerprint density at radius 2 is 2.04 bits per heavy atom. The summed E-state index contributed by atoms with van der Waals surface area (Å²) in [4.78, 5) is 21.4. The van der Waals surface area contributed by atoms with Gasteiger partial charge in [-0.3, -0.25) is 4.79 Å². The molecule has 1 aliphatic rings. The highest BCUT2D eigenvalue weighted by atomic mass is 16.3. The van der Waals surface area contributed by atoms with Gasteiger partial charge in [-0.05, 0) is 31.2 Å². The number of aryl methyl sites for hydroxylation is 1. The molecule has 0 atom stereocenters. The Morgan fingerprint density at radius 1 is 1.25 bits per heavy atom. The third kappa shape index (κ3) is 3.76. The molecule has 24 heavy (non-hydrogen) atoms. The fourth-order valence-electron chi connectivity index (χ4n) is 2.90. The number of anilines is 1. The van der Waals surface area contributed by atoms with Crippen molar-refractivity contribution in [1.82, 2.24) is 15.2 Å². The van der Waals surface area contributed by atoms with Gasteiger partial charge in [-0.25, -0.2) is 4.98 Å². The summed E-state index contributed by atoms with van der Waals surface area (Å²) in [5, 5.41) is 2.90. The molecule has 0 bridgehead atoms. The van der Waals surface area contributed by atoms with Gasteiger partial charge in [-0.2, -0.15) is 0 Å². The van der Waals surface area contributed by atoms with Gasteiger partial charge in [0.15, 0.2) is 0 Å². The van der Waals surface area contributed by atoms with E-state index in [0.29, 0.717) is 17.9 Å². The zero-order valence-electron chi connectivity index (χ0n) is 14.3. The number of hydrogen-bond donors (Lipinski definition) is 1. The van der Waals surface area contributed by atoms with Crippen molar-refractivity contribution in [3.8, 4) is 0 Å². The number of rotatable bonds is 5. The van der Waals surface area contributed by atoms with E-state index in [0.717, 1.165) is 44.1 Å². The summed E-state index contributed by atoms with van der Waals surface area (Å²) in [7, 11) is 0. The van der Waals surface area contributed by atoms with E-state index in [2.05, 4.69) is 27.0 Å². The molecule has 1 N–H and O–H groups in total. The van der Waals surface area contributed by atoms with Crippen molar-refractivity contribution >= 4 is 11.7 Å². The molecule has 0 spiro atoms. The number of hydrogen-bond acceptors (Lipinski definition) is 5. The molecule has 1 amide bonds. The first-order valence-corrected chi connectivity index (χ1v) is 8.42. The fraction of sp³-hybridized carbons (Fsp3) is 0.444. The van der Waals surface area contributed by atoms with Crippen molar-refractivity contribution in [2.75, 3.05) is 37.6 Å². The third-order valence-electron chi connectivity index (χ3n) is 4.51. The van der Waals surface area contributed by atoms with Crippen molar-refractivity contribution in [3.05, 3.63) is 47.5 Å². The predicted octanol–water partition coefficient (Wildman–Crippen LogP) is 2.05. The van der Waals surface area contributed by atoms with Crippen LogP contribution in [0.15, 0.2) is 35.1 Å². The van der Waals surface area contributed by atoms with Crippen LogP contribution in [0, 0.1) is 6.92 Å². The standard InChI is InChI=1S/C18H24N4O2/c1-3-21-7-9-22(10-8-21)17-5-4-15(12-19-17)13-20-18(23)16-6-11-24-14(16)2/h4-6,11-12H,3,7-10,13H2,1-2H3,(H,20,23). The van der Waals surface area contributed by atoms with Crippen LogP contribution < -0.4 is 10.2 Å². The van der Waals surface area contributed by atoms with Gasteiger partial charge < -0.3 is 19.5 Å². The lowest BCUT2D eigenvalue weighted by Crippen LogP contribution is -2.46. The smallest absolute Gasteiger partial charge is 0.255 e. The number of furan rings is 1. The monoisotopic (exact) mass is 328 g/mol. The second kappa shape index (κ2) is 7.49. The zero-order valence-corrected chi connectivity index (χ0v) is 14.3. The molecule has 2 aromatic rings. The number of aromatic nitrogens is 1. The number of carbonyl (C=O) groups is 1. The summed E-state index contributed by atoms with van der Waals surface area (Å²) in [5.74, 6) is 1.51. The Bertz CT molecular complexity index is 673. The molecule has 0 unspecified atom stereocenters. The van der Waals surface area contributed by atoms with E-state index in [1.807, 2.05) is 18.3 Å². The second-order valence-electron chi connectivity index (χ2n) is 6.02. The van der Waals surface area contributed by atoms with E-state index in [-0.39, 0.29) is 5.91 Å². The highest BCUT2D eigenvalue weighted by Crippen LogP contribution is 2.14. The number of amides is 1. The highest BCUT2D eigenvalue weighted by molar-refractivity contribution is 5.94. The Labute approximate surface area is 142 Å². The molecule has 2 aromatic heterocycles. The molecule has 0 aromatic carbocycles. The van der Waals surface area contributed by atoms with E-state index >= 15 is 0 Å². The van der Waals surface area contributed by atoms with E-state index in [4.69, 9.17) is 4.42 Å². The van der Waals surface area contributed by atoms with Gasteiger partial charge in [0.25, 0.3) is 5.91 Å². The van der Waals surface area contributed by atoms with Crippen molar-refractivity contribution in [2.45, 2.75) is 20.4 Å². The first-order valence-electron chi connectivity index (χ1n) is 8.42. The lowest BCUT2D eigenvalue weighted by Gasteiger charge is -2.34. The Morgan fingerprint density at radius 3 is 2.62 bits per heavy atom. The lowest BCUT2D eigenvalue weighted by atomic mass is 10.2. The van der Waals surface area contributed by atoms with E-state index < -0.39 is 0 Å². The third-order valence-corrected chi connectivity index (χ3v) is 4.51. The van der Waals surface area contributed by atoms with Gasteiger partial charge >= 0.3 is 0 Å². The average Bonchev–Trinajstić information content (AvgIpc) is 3.06. The minimum Gasteiger partial charge on any atom is -0.469 e. The molecule has 1 aliphatic heterocycles. The molecule has 1 fully saturated rings. The quantitative estimate of drug-likeness (QED) is 0.910. The van der Waals surface area contributed by atoms with Gasteiger partial charge in [-0.15, -0.1) is 0 Å². The highest BCUT2D eigenvalue weighted by Gasteiger charge is 2.16. The molecular weight excluding hydrogens is 304 g/mol. The van der Waals surface area contributed by atoms with Crippen molar-refractivity contribution in [3.63, 3.8) is 0 Å². The number of likely N-dealkylation sites (N-methyl/N-ethyl adjacent to an activating group) is 1. The molecular formula is C18H24N4O2. The van der Waals surface area contributed by atoms with E-state index in [9.17, 15) is 4.79 Å². The van der Waals surface area contributed by atoms with Crippen LogP contribution in [0.5, 0.6) is 0 Å². The van der Waals surface area contributed by atoms with Crippen molar-refractivity contribution < 1.29 is 9.21 Å². The van der Waals surface area contributed by atoms with Crippen LogP contribution in [0.25, 0.3) is 0 Å². The number of pyridine rings is 1. The Hall–Kier alpha value is -2.34. The first-order chi connectivity index (χ1) is 11.7. The molecule has 3 heterocycles. The number of carbonyl (C=O) groups excluding carboxylic acids is 1. The van der Waals surface area contributed by atoms with E-state index in [1.165, 1.54) is 6.26 Å². The van der Waals surface area contributed by atoms with Crippen LogP contribution in [0.1, 0.15) is 28.6 Å². The minimum absolute atomic E-state index is 0.124. The topological polar surface area (TPSA) is 61.6 Å². The molecule has 0 saturated carbocycles. The molecule has 0 aliphatic carbocycles. The molecule has 0 radical (unpaired) electrons. The maximum absolute atomic E-state index is 12.1. The van der Waals surface area contributed by atoms with Gasteiger partial charge in [0.05, 0.1) is 11.8 Å². The van der Waals surface area contributed by atoms with Gasteiger partial charge in [0, 0.05) is 38.9 Å². The van der Waals surface area contributed by atoms with Crippen LogP contribution in [-0.4, -0.2) is 48.5 Å². The normalized spacial score (nSPS) is 15.5. The van der Waals surface area contributed by atoms with Crippen LogP contribution in [0.4, 0.5) is 5.82 Å². The lowest BCUT2D eigenvalue weighted by molar-refractivity contribution is 0.0949. The van der Waals surface area contributed by atoms with E-state index in [1.54, 1.807) is 13.0 Å². The zero-order chi connectivity index (χ0) is 16.9. The minimum atomic E-state index is -0.124. The largest absolute Gasteiger partial charge is 0.469 e. The van der Waals surface area contributed by atoms with Gasteiger partial charge in [0.2, 0.25) is 0 Å². The predicted molar refractivity (Wildman–Crippen MR) is 93.2 cm³/mol. The molecule has 6 nitrogen and oxygen atoms in total. The summed E-state index contributed by atoms with van der Waals surface area (Å²) < 4.78 is 5.15. The summed E-state index contributed by atoms with van der Waals surface area (Å²) >= 11 is 0. The van der Waals surface area contributed by atoms with Crippen LogP contribution >= 0.6 is 0 Å². The molecule has 6 heteroatoms. The SMILES string of the molecule is CCN1CCN(c2ccc(CNC(=O)c3ccoc3C)cn2)CC1. The molecule has 3 rings (SSSR count). The van der Waals surface area contributed by atoms with Crippen molar-refractivity contribution in [2.24, 2.45) is 0 Å². The van der Waals surface area contributed by atoms with Crippen LogP contribution in [0.2, 0.25) is 0 Å². The second-order valence-corrected chi connectivity index (χ2v) is 6.02. The number of nitrogens with one attached hydrogen (secondary N) is 1. The fourth-order valence-corrected chi connectivity index (χ4v) is 2.90. The maximum Gasteiger partial charge on any atom is 0.255 e.